The third-order valence-electron chi connectivity index (χ3n) is 2.00. The fourth-order valence-electron chi connectivity index (χ4n) is 1.30. The smallest absolute Gasteiger partial charge is 0.218 e. The van der Waals surface area contributed by atoms with Crippen molar-refractivity contribution in [1.29, 1.82) is 0 Å². The lowest BCUT2D eigenvalue weighted by molar-refractivity contribution is -0.124. The van der Waals surface area contributed by atoms with Gasteiger partial charge < -0.3 is 15.2 Å². The Labute approximate surface area is 92.1 Å². The van der Waals surface area contributed by atoms with Crippen LogP contribution in [0.5, 0.6) is 0 Å². The van der Waals surface area contributed by atoms with E-state index in [0.717, 1.165) is 0 Å². The number of rotatable bonds is 7. The molecular formula is C11H23NO3. The molecule has 0 saturated carbocycles. The van der Waals surface area contributed by atoms with Crippen molar-refractivity contribution in [2.45, 2.75) is 39.7 Å². The number of hydrogen-bond acceptors (Lipinski definition) is 3. The molecule has 0 aliphatic heterocycles. The average Bonchev–Trinajstić information content (AvgIpc) is 1.99. The summed E-state index contributed by atoms with van der Waals surface area (Å²) < 4.78 is 10.7. The summed E-state index contributed by atoms with van der Waals surface area (Å²) in [5.74, 6) is -0.298. The molecule has 0 saturated heterocycles. The molecule has 0 unspecified atom stereocenters. The van der Waals surface area contributed by atoms with Gasteiger partial charge in [0.2, 0.25) is 5.91 Å². The van der Waals surface area contributed by atoms with E-state index in [4.69, 9.17) is 15.2 Å². The molecule has 0 spiro atoms. The maximum Gasteiger partial charge on any atom is 0.218 e. The van der Waals surface area contributed by atoms with Gasteiger partial charge in [0.15, 0.2) is 0 Å². The van der Waals surface area contributed by atoms with E-state index in [1.165, 1.54) is 0 Å². The number of carbonyl (C=O) groups is 1. The number of hydrogen-bond donors (Lipinski definition) is 1. The maximum atomic E-state index is 10.8. The van der Waals surface area contributed by atoms with Crippen LogP contribution < -0.4 is 5.73 Å². The SMILES string of the molecule is COCC(C)(C)OCC(C)(C)CC(N)=O. The van der Waals surface area contributed by atoms with Gasteiger partial charge in [-0.2, -0.15) is 0 Å². The first-order chi connectivity index (χ1) is 6.68. The van der Waals surface area contributed by atoms with Crippen LogP contribution in [-0.4, -0.2) is 31.8 Å². The van der Waals surface area contributed by atoms with Gasteiger partial charge in [0.25, 0.3) is 0 Å². The Morgan fingerprint density at radius 1 is 1.20 bits per heavy atom. The van der Waals surface area contributed by atoms with E-state index in [9.17, 15) is 4.79 Å². The molecule has 0 aliphatic rings. The molecule has 15 heavy (non-hydrogen) atoms. The first-order valence-electron chi connectivity index (χ1n) is 5.10. The molecule has 4 heteroatoms. The molecule has 0 bridgehead atoms. The summed E-state index contributed by atoms with van der Waals surface area (Å²) in [4.78, 5) is 10.8. The summed E-state index contributed by atoms with van der Waals surface area (Å²) in [6.45, 7) is 8.85. The van der Waals surface area contributed by atoms with Gasteiger partial charge in [-0.1, -0.05) is 13.8 Å². The van der Waals surface area contributed by atoms with Crippen LogP contribution in [0.3, 0.4) is 0 Å². The lowest BCUT2D eigenvalue weighted by atomic mass is 9.90. The second-order valence-electron chi connectivity index (χ2n) is 5.29. The molecule has 0 aromatic heterocycles. The fraction of sp³-hybridized carbons (Fsp3) is 0.909. The van der Waals surface area contributed by atoms with E-state index in [-0.39, 0.29) is 16.9 Å². The lowest BCUT2D eigenvalue weighted by Gasteiger charge is -2.30. The molecule has 0 fully saturated rings. The van der Waals surface area contributed by atoms with Crippen molar-refractivity contribution in [3.63, 3.8) is 0 Å². The molecule has 0 radical (unpaired) electrons. The van der Waals surface area contributed by atoms with Crippen molar-refractivity contribution < 1.29 is 14.3 Å². The maximum absolute atomic E-state index is 10.8. The Kier molecular flexibility index (Phi) is 5.24. The van der Waals surface area contributed by atoms with E-state index in [2.05, 4.69) is 0 Å². The van der Waals surface area contributed by atoms with Crippen LogP contribution in [0.2, 0.25) is 0 Å². The van der Waals surface area contributed by atoms with Gasteiger partial charge in [0.1, 0.15) is 0 Å². The van der Waals surface area contributed by atoms with Crippen molar-refractivity contribution >= 4 is 5.91 Å². The minimum atomic E-state index is -0.330. The van der Waals surface area contributed by atoms with Gasteiger partial charge in [-0.25, -0.2) is 0 Å². The van der Waals surface area contributed by atoms with Crippen LogP contribution in [0.4, 0.5) is 0 Å². The zero-order valence-corrected chi connectivity index (χ0v) is 10.4. The second-order valence-corrected chi connectivity index (χ2v) is 5.29. The van der Waals surface area contributed by atoms with Crippen LogP contribution in [0.15, 0.2) is 0 Å². The number of amides is 1. The topological polar surface area (TPSA) is 61.6 Å². The molecule has 0 aromatic rings. The molecule has 1 amide bonds. The molecule has 90 valence electrons. The predicted molar refractivity (Wildman–Crippen MR) is 59.5 cm³/mol. The Hall–Kier alpha value is -0.610. The number of carbonyl (C=O) groups excluding carboxylic acids is 1. The van der Waals surface area contributed by atoms with E-state index in [1.54, 1.807) is 7.11 Å². The van der Waals surface area contributed by atoms with Crippen LogP contribution in [0.25, 0.3) is 0 Å². The molecule has 0 aliphatic carbocycles. The largest absolute Gasteiger partial charge is 0.382 e. The Morgan fingerprint density at radius 2 is 1.73 bits per heavy atom. The van der Waals surface area contributed by atoms with E-state index in [0.29, 0.717) is 19.6 Å². The molecular weight excluding hydrogens is 194 g/mol. The highest BCUT2D eigenvalue weighted by Crippen LogP contribution is 2.23. The summed E-state index contributed by atoms with van der Waals surface area (Å²) in [7, 11) is 1.64. The number of nitrogens with two attached hydrogens (primary N) is 1. The normalized spacial score (nSPS) is 12.9. The van der Waals surface area contributed by atoms with Crippen LogP contribution in [-0.2, 0) is 14.3 Å². The van der Waals surface area contributed by atoms with Crippen molar-refractivity contribution in [3.05, 3.63) is 0 Å². The first-order valence-corrected chi connectivity index (χ1v) is 5.10. The molecule has 0 rings (SSSR count). The van der Waals surface area contributed by atoms with Crippen molar-refractivity contribution in [2.75, 3.05) is 20.3 Å². The molecule has 2 N–H and O–H groups in total. The Morgan fingerprint density at radius 3 is 2.13 bits per heavy atom. The molecule has 0 heterocycles. The Balaban J connectivity index is 4.07. The Bertz CT molecular complexity index is 212. The minimum Gasteiger partial charge on any atom is -0.382 e. The monoisotopic (exact) mass is 217 g/mol. The number of ether oxygens (including phenoxy) is 2. The predicted octanol–water partition coefficient (Wildman–Crippen LogP) is 1.33. The van der Waals surface area contributed by atoms with Crippen molar-refractivity contribution in [3.8, 4) is 0 Å². The average molecular weight is 217 g/mol. The third-order valence-corrected chi connectivity index (χ3v) is 2.00. The summed E-state index contributed by atoms with van der Waals surface area (Å²) in [5, 5.41) is 0. The van der Waals surface area contributed by atoms with Gasteiger partial charge >= 0.3 is 0 Å². The van der Waals surface area contributed by atoms with Crippen LogP contribution in [0, 0.1) is 5.41 Å². The lowest BCUT2D eigenvalue weighted by Crippen LogP contribution is -2.36. The zero-order chi connectivity index (χ0) is 12.1. The minimum absolute atomic E-state index is 0.225. The van der Waals surface area contributed by atoms with Crippen molar-refractivity contribution in [2.24, 2.45) is 11.1 Å². The third kappa shape index (κ3) is 7.33. The van der Waals surface area contributed by atoms with Crippen LogP contribution in [0.1, 0.15) is 34.1 Å². The van der Waals surface area contributed by atoms with E-state index < -0.39 is 0 Å². The summed E-state index contributed by atoms with van der Waals surface area (Å²) in [6.07, 6.45) is 0.329. The van der Waals surface area contributed by atoms with Gasteiger partial charge in [-0.15, -0.1) is 0 Å². The second kappa shape index (κ2) is 5.47. The standard InChI is InChI=1S/C11H23NO3/c1-10(2,6-9(12)13)7-15-11(3,4)8-14-5/h6-8H2,1-5H3,(H2,12,13). The fourth-order valence-corrected chi connectivity index (χ4v) is 1.30. The molecule has 0 aromatic carbocycles. The summed E-state index contributed by atoms with van der Waals surface area (Å²) in [5.41, 5.74) is 4.60. The van der Waals surface area contributed by atoms with Gasteiger partial charge in [-0.05, 0) is 19.3 Å². The van der Waals surface area contributed by atoms with Crippen LogP contribution >= 0.6 is 0 Å². The van der Waals surface area contributed by atoms with E-state index in [1.807, 2.05) is 27.7 Å². The highest BCUT2D eigenvalue weighted by Gasteiger charge is 2.26. The zero-order valence-electron chi connectivity index (χ0n) is 10.4. The van der Waals surface area contributed by atoms with Gasteiger partial charge in [0.05, 0.1) is 18.8 Å². The number of methoxy groups -OCH3 is 1. The number of primary amides is 1. The first kappa shape index (κ1) is 14.4. The van der Waals surface area contributed by atoms with Crippen molar-refractivity contribution in [1.82, 2.24) is 0 Å². The van der Waals surface area contributed by atoms with Gasteiger partial charge in [0, 0.05) is 13.5 Å². The molecule has 0 atom stereocenters. The highest BCUT2D eigenvalue weighted by molar-refractivity contribution is 5.74. The van der Waals surface area contributed by atoms with E-state index >= 15 is 0 Å². The molecule has 4 nitrogen and oxygen atoms in total. The summed E-state index contributed by atoms with van der Waals surface area (Å²) >= 11 is 0. The summed E-state index contributed by atoms with van der Waals surface area (Å²) in [6, 6.07) is 0. The van der Waals surface area contributed by atoms with Gasteiger partial charge in [-0.3, -0.25) is 4.79 Å². The highest BCUT2D eigenvalue weighted by atomic mass is 16.5. The quantitative estimate of drug-likeness (QED) is 0.699.